The van der Waals surface area contributed by atoms with Crippen LogP contribution in [-0.2, 0) is 22.4 Å². The first-order valence-electron chi connectivity index (χ1n) is 9.73. The minimum Gasteiger partial charge on any atom is -0.444 e. The van der Waals surface area contributed by atoms with Crippen molar-refractivity contribution < 1.29 is 19.1 Å². The Balaban J connectivity index is 1.89. The molecule has 168 valence electrons. The first kappa shape index (κ1) is 23.8. The van der Waals surface area contributed by atoms with Crippen LogP contribution in [-0.4, -0.2) is 60.3 Å². The molecule has 0 atom stereocenters. The molecule has 0 spiro atoms. The second-order valence-corrected chi connectivity index (χ2v) is 8.55. The number of alkyl carbamates (subject to hydrolysis) is 2. The third kappa shape index (κ3) is 9.28. The summed E-state index contributed by atoms with van der Waals surface area (Å²) in [6, 6.07) is 1.65. The number of hydrogen-bond acceptors (Lipinski definition) is 10. The van der Waals surface area contributed by atoms with Crippen LogP contribution in [0.1, 0.15) is 53.1 Å². The number of carbonyl (C=O) groups is 2. The van der Waals surface area contributed by atoms with Gasteiger partial charge in [-0.15, -0.1) is 20.4 Å². The Hall–Kier alpha value is -3.44. The summed E-state index contributed by atoms with van der Waals surface area (Å²) in [5.41, 5.74) is -0.608. The SMILES string of the molecule is CC(C)(C)OC(=O)NCCc1nnc(-c2nccc(CNC(=O)OC(C)(C)C)n2)nn1. The number of nitrogens with one attached hydrogen (secondary N) is 2. The van der Waals surface area contributed by atoms with Crippen molar-refractivity contribution in [1.82, 2.24) is 41.0 Å². The van der Waals surface area contributed by atoms with Gasteiger partial charge in [-0.25, -0.2) is 19.6 Å². The summed E-state index contributed by atoms with van der Waals surface area (Å²) in [4.78, 5) is 31.8. The predicted octanol–water partition coefficient (Wildman–Crippen LogP) is 1.82. The fraction of sp³-hybridized carbons (Fsp3) is 0.579. The van der Waals surface area contributed by atoms with Gasteiger partial charge in [0, 0.05) is 19.2 Å². The lowest BCUT2D eigenvalue weighted by atomic mass is 10.2. The fourth-order valence-corrected chi connectivity index (χ4v) is 2.11. The van der Waals surface area contributed by atoms with Crippen molar-refractivity contribution in [3.63, 3.8) is 0 Å². The Labute approximate surface area is 180 Å². The van der Waals surface area contributed by atoms with Gasteiger partial charge in [0.15, 0.2) is 5.82 Å². The van der Waals surface area contributed by atoms with Crippen molar-refractivity contribution >= 4 is 12.2 Å². The number of carbonyl (C=O) groups excluding carboxylic acids is 2. The first-order valence-corrected chi connectivity index (χ1v) is 9.73. The number of amides is 2. The molecule has 0 saturated carbocycles. The topological polar surface area (TPSA) is 154 Å². The van der Waals surface area contributed by atoms with Gasteiger partial charge in [0.25, 0.3) is 0 Å². The van der Waals surface area contributed by atoms with Crippen molar-refractivity contribution in [1.29, 1.82) is 0 Å². The number of hydrogen-bond donors (Lipinski definition) is 2. The van der Waals surface area contributed by atoms with Gasteiger partial charge in [0.1, 0.15) is 11.2 Å². The molecule has 0 saturated heterocycles. The normalized spacial score (nSPS) is 11.5. The van der Waals surface area contributed by atoms with Crippen molar-refractivity contribution in [3.05, 3.63) is 23.8 Å². The number of ether oxygens (including phenoxy) is 2. The summed E-state index contributed by atoms with van der Waals surface area (Å²) in [5, 5.41) is 21.2. The zero-order chi connectivity index (χ0) is 23.1. The van der Waals surface area contributed by atoms with E-state index in [1.807, 2.05) is 0 Å². The van der Waals surface area contributed by atoms with E-state index in [9.17, 15) is 9.59 Å². The third-order valence-corrected chi connectivity index (χ3v) is 3.26. The van der Waals surface area contributed by atoms with Crippen molar-refractivity contribution in [3.8, 4) is 11.6 Å². The lowest BCUT2D eigenvalue weighted by Crippen LogP contribution is -2.33. The molecule has 0 aliphatic rings. The Morgan fingerprint density at radius 2 is 1.45 bits per heavy atom. The number of aromatic nitrogens is 6. The molecule has 2 aromatic rings. The molecule has 0 fully saturated rings. The highest BCUT2D eigenvalue weighted by Crippen LogP contribution is 2.09. The molecule has 0 unspecified atom stereocenters. The maximum atomic E-state index is 11.8. The molecule has 0 aliphatic carbocycles. The fourth-order valence-electron chi connectivity index (χ4n) is 2.11. The molecular weight excluding hydrogens is 404 g/mol. The van der Waals surface area contributed by atoms with E-state index in [4.69, 9.17) is 9.47 Å². The van der Waals surface area contributed by atoms with Crippen LogP contribution in [0.3, 0.4) is 0 Å². The Bertz CT molecular complexity index is 891. The van der Waals surface area contributed by atoms with Gasteiger partial charge < -0.3 is 20.1 Å². The maximum absolute atomic E-state index is 11.8. The molecule has 0 bridgehead atoms. The standard InChI is InChI=1S/C19H28N8O4/c1-18(2,3)30-16(28)21-10-8-13-24-26-15(27-25-13)14-20-9-7-12(23-14)11-22-17(29)31-19(4,5)6/h7,9H,8,10-11H2,1-6H3,(H,21,28)(H,22,29). The zero-order valence-corrected chi connectivity index (χ0v) is 18.6. The third-order valence-electron chi connectivity index (χ3n) is 3.26. The molecule has 2 aromatic heterocycles. The first-order chi connectivity index (χ1) is 14.4. The second kappa shape index (κ2) is 10.0. The lowest BCUT2D eigenvalue weighted by molar-refractivity contribution is 0.0513. The Morgan fingerprint density at radius 3 is 2.03 bits per heavy atom. The van der Waals surface area contributed by atoms with Gasteiger partial charge in [-0.3, -0.25) is 0 Å². The van der Waals surface area contributed by atoms with Gasteiger partial charge in [-0.1, -0.05) is 0 Å². The van der Waals surface area contributed by atoms with Crippen LogP contribution in [0, 0.1) is 0 Å². The molecule has 2 rings (SSSR count). The minimum atomic E-state index is -0.587. The predicted molar refractivity (Wildman–Crippen MR) is 110 cm³/mol. The summed E-state index contributed by atoms with van der Waals surface area (Å²) in [6.07, 6.45) is 0.795. The van der Waals surface area contributed by atoms with Gasteiger partial charge in [0.2, 0.25) is 11.6 Å². The van der Waals surface area contributed by atoms with Crippen molar-refractivity contribution in [2.75, 3.05) is 6.54 Å². The molecular formula is C19H28N8O4. The van der Waals surface area contributed by atoms with Crippen LogP contribution in [0.2, 0.25) is 0 Å². The van der Waals surface area contributed by atoms with Gasteiger partial charge in [-0.2, -0.15) is 0 Å². The van der Waals surface area contributed by atoms with E-state index in [0.717, 1.165) is 0 Å². The molecule has 0 aliphatic heterocycles. The maximum Gasteiger partial charge on any atom is 0.407 e. The highest BCUT2D eigenvalue weighted by Gasteiger charge is 2.17. The van der Waals surface area contributed by atoms with Crippen LogP contribution < -0.4 is 10.6 Å². The monoisotopic (exact) mass is 432 g/mol. The van der Waals surface area contributed by atoms with Crippen molar-refractivity contribution in [2.24, 2.45) is 0 Å². The largest absolute Gasteiger partial charge is 0.444 e. The van der Waals surface area contributed by atoms with E-state index in [-0.39, 0.29) is 24.7 Å². The average molecular weight is 432 g/mol. The van der Waals surface area contributed by atoms with Crippen LogP contribution in [0.4, 0.5) is 9.59 Å². The summed E-state index contributed by atoms with van der Waals surface area (Å²) in [5.74, 6) is 0.715. The Kier molecular flexibility index (Phi) is 7.72. The highest BCUT2D eigenvalue weighted by molar-refractivity contribution is 5.68. The molecule has 0 aromatic carbocycles. The van der Waals surface area contributed by atoms with E-state index < -0.39 is 23.4 Å². The average Bonchev–Trinajstić information content (AvgIpc) is 2.64. The molecule has 2 amide bonds. The molecule has 2 heterocycles. The van der Waals surface area contributed by atoms with Crippen LogP contribution >= 0.6 is 0 Å². The van der Waals surface area contributed by atoms with Gasteiger partial charge in [0.05, 0.1) is 12.2 Å². The van der Waals surface area contributed by atoms with E-state index in [0.29, 0.717) is 17.9 Å². The van der Waals surface area contributed by atoms with Gasteiger partial charge >= 0.3 is 12.2 Å². The summed E-state index contributed by atoms with van der Waals surface area (Å²) >= 11 is 0. The van der Waals surface area contributed by atoms with Gasteiger partial charge in [-0.05, 0) is 47.6 Å². The number of rotatable bonds is 6. The summed E-state index contributed by atoms with van der Waals surface area (Å²) in [6.45, 7) is 11.1. The molecule has 12 nitrogen and oxygen atoms in total. The molecule has 31 heavy (non-hydrogen) atoms. The molecule has 0 radical (unpaired) electrons. The lowest BCUT2D eigenvalue weighted by Gasteiger charge is -2.19. The molecule has 12 heteroatoms. The van der Waals surface area contributed by atoms with Crippen LogP contribution in [0.25, 0.3) is 11.6 Å². The zero-order valence-electron chi connectivity index (χ0n) is 18.6. The quantitative estimate of drug-likeness (QED) is 0.690. The summed E-state index contributed by atoms with van der Waals surface area (Å²) < 4.78 is 10.3. The minimum absolute atomic E-state index is 0.142. The van der Waals surface area contributed by atoms with E-state index in [1.165, 1.54) is 6.20 Å². The number of nitrogens with zero attached hydrogens (tertiary/aromatic N) is 6. The van der Waals surface area contributed by atoms with E-state index in [1.54, 1.807) is 47.6 Å². The van der Waals surface area contributed by atoms with E-state index in [2.05, 4.69) is 41.0 Å². The Morgan fingerprint density at radius 1 is 0.871 bits per heavy atom. The van der Waals surface area contributed by atoms with Crippen LogP contribution in [0.5, 0.6) is 0 Å². The second-order valence-electron chi connectivity index (χ2n) is 8.55. The van der Waals surface area contributed by atoms with Crippen molar-refractivity contribution in [2.45, 2.75) is 65.7 Å². The van der Waals surface area contributed by atoms with Crippen LogP contribution in [0.15, 0.2) is 12.3 Å². The summed E-state index contributed by atoms with van der Waals surface area (Å²) in [7, 11) is 0. The highest BCUT2D eigenvalue weighted by atomic mass is 16.6. The smallest absolute Gasteiger partial charge is 0.407 e. The molecule has 2 N–H and O–H groups in total. The van der Waals surface area contributed by atoms with E-state index >= 15 is 0 Å².